The summed E-state index contributed by atoms with van der Waals surface area (Å²) in [4.78, 5) is 12.7. The fourth-order valence-corrected chi connectivity index (χ4v) is 9.85. The van der Waals surface area contributed by atoms with Gasteiger partial charge >= 0.3 is 0 Å². The maximum absolute atomic E-state index is 5.35. The minimum Gasteiger partial charge on any atom is -0.310 e. The molecular formula is C57H40N4. The number of hydrogen-bond donors (Lipinski definition) is 0. The second-order valence-electron chi connectivity index (χ2n) is 16.6. The average molecular weight is 781 g/mol. The molecule has 1 aliphatic carbocycles. The predicted octanol–water partition coefficient (Wildman–Crippen LogP) is 14.8. The lowest BCUT2D eigenvalue weighted by Gasteiger charge is -2.28. The van der Waals surface area contributed by atoms with Crippen LogP contribution in [0.5, 0.6) is 0 Å². The second kappa shape index (κ2) is 13.6. The SMILES string of the molecule is CC1(C)c2ccccc2-c2ccc(N(c3ccc(-c4ccccc4)cc3)c3cccc(-c4cccc(-c5nc6cccc7c6n5-c5ccccc5-c5ncccc5-7)c4)c3)cc21. The smallest absolute Gasteiger partial charge is 0.145 e. The maximum atomic E-state index is 5.35. The van der Waals surface area contributed by atoms with Crippen molar-refractivity contribution < 1.29 is 0 Å². The van der Waals surface area contributed by atoms with Crippen LogP contribution in [0.4, 0.5) is 17.1 Å². The molecule has 0 unspecified atom stereocenters. The molecule has 8 aromatic carbocycles. The minimum atomic E-state index is -0.121. The van der Waals surface area contributed by atoms with E-state index >= 15 is 0 Å². The first-order chi connectivity index (χ1) is 30.0. The number of benzene rings is 8. The van der Waals surface area contributed by atoms with E-state index < -0.39 is 0 Å². The van der Waals surface area contributed by atoms with Gasteiger partial charge in [-0.1, -0.05) is 153 Å². The van der Waals surface area contributed by atoms with Crippen LogP contribution in [0.15, 0.2) is 206 Å². The van der Waals surface area contributed by atoms with Gasteiger partial charge < -0.3 is 4.90 Å². The van der Waals surface area contributed by atoms with Crippen LogP contribution in [0.3, 0.4) is 0 Å². The van der Waals surface area contributed by atoms with Crippen molar-refractivity contribution in [1.29, 1.82) is 0 Å². The van der Waals surface area contributed by atoms with Crippen LogP contribution < -0.4 is 4.90 Å². The molecule has 288 valence electrons. The Kier molecular flexibility index (Phi) is 7.85. The number of anilines is 3. The van der Waals surface area contributed by atoms with Gasteiger partial charge in [0.15, 0.2) is 0 Å². The topological polar surface area (TPSA) is 34.0 Å². The molecule has 0 saturated carbocycles. The van der Waals surface area contributed by atoms with Crippen LogP contribution in [0.25, 0.3) is 83.9 Å². The van der Waals surface area contributed by atoms with Crippen molar-refractivity contribution >= 4 is 28.1 Å². The van der Waals surface area contributed by atoms with Crippen LogP contribution in [-0.4, -0.2) is 14.5 Å². The molecule has 0 atom stereocenters. The average Bonchev–Trinajstić information content (AvgIpc) is 3.78. The molecular weight excluding hydrogens is 741 g/mol. The highest BCUT2D eigenvalue weighted by Crippen LogP contribution is 2.51. The molecule has 4 heteroatoms. The number of nitrogens with zero attached hydrogens (tertiary/aromatic N) is 4. The Bertz CT molecular complexity index is 3340. The quantitative estimate of drug-likeness (QED) is 0.169. The van der Waals surface area contributed by atoms with Gasteiger partial charge in [-0.3, -0.25) is 9.55 Å². The lowest BCUT2D eigenvalue weighted by Crippen LogP contribution is -2.16. The van der Waals surface area contributed by atoms with Crippen molar-refractivity contribution in [3.63, 3.8) is 0 Å². The van der Waals surface area contributed by atoms with Crippen molar-refractivity contribution in [2.75, 3.05) is 4.90 Å². The number of hydrogen-bond acceptors (Lipinski definition) is 3. The zero-order valence-corrected chi connectivity index (χ0v) is 33.9. The largest absolute Gasteiger partial charge is 0.310 e. The van der Waals surface area contributed by atoms with Crippen LogP contribution in [0.1, 0.15) is 25.0 Å². The summed E-state index contributed by atoms with van der Waals surface area (Å²) in [6, 6.07) is 72.4. The van der Waals surface area contributed by atoms with E-state index in [9.17, 15) is 0 Å². The van der Waals surface area contributed by atoms with Gasteiger partial charge in [-0.2, -0.15) is 0 Å². The van der Waals surface area contributed by atoms with Gasteiger partial charge in [-0.15, -0.1) is 0 Å². The zero-order chi connectivity index (χ0) is 40.7. The first-order valence-corrected chi connectivity index (χ1v) is 21.0. The first-order valence-electron chi connectivity index (χ1n) is 21.0. The van der Waals surface area contributed by atoms with E-state index in [1.54, 1.807) is 0 Å². The molecule has 10 aromatic rings. The fourth-order valence-electron chi connectivity index (χ4n) is 9.85. The van der Waals surface area contributed by atoms with Gasteiger partial charge in [0.2, 0.25) is 0 Å². The molecule has 0 spiro atoms. The molecule has 0 saturated heterocycles. The Hall–Kier alpha value is -7.82. The summed E-state index contributed by atoms with van der Waals surface area (Å²) in [6.45, 7) is 4.70. The van der Waals surface area contributed by atoms with Gasteiger partial charge in [0.25, 0.3) is 0 Å². The van der Waals surface area contributed by atoms with Crippen molar-refractivity contribution in [2.45, 2.75) is 19.3 Å². The van der Waals surface area contributed by atoms with Gasteiger partial charge in [0.05, 0.1) is 22.4 Å². The number of fused-ring (bicyclic) bond motifs is 8. The molecule has 0 fully saturated rings. The minimum absolute atomic E-state index is 0.121. The summed E-state index contributed by atoms with van der Waals surface area (Å²) in [5.74, 6) is 0.905. The highest BCUT2D eigenvalue weighted by molar-refractivity contribution is 6.03. The van der Waals surface area contributed by atoms with Crippen LogP contribution >= 0.6 is 0 Å². The van der Waals surface area contributed by atoms with E-state index in [4.69, 9.17) is 9.97 Å². The van der Waals surface area contributed by atoms with Crippen LogP contribution in [0, 0.1) is 0 Å². The Morgan fingerprint density at radius 2 is 1.05 bits per heavy atom. The lowest BCUT2D eigenvalue weighted by atomic mass is 9.82. The predicted molar refractivity (Wildman–Crippen MR) is 252 cm³/mol. The Morgan fingerprint density at radius 1 is 0.426 bits per heavy atom. The number of aromatic nitrogens is 3. The Morgan fingerprint density at radius 3 is 1.92 bits per heavy atom. The van der Waals surface area contributed by atoms with Crippen molar-refractivity contribution in [3.8, 4) is 72.8 Å². The summed E-state index contributed by atoms with van der Waals surface area (Å²) in [5, 5.41) is 0. The third-order valence-electron chi connectivity index (χ3n) is 12.8. The van der Waals surface area contributed by atoms with Gasteiger partial charge in [-0.05, 0) is 105 Å². The lowest BCUT2D eigenvalue weighted by molar-refractivity contribution is 0.660. The number of pyridine rings is 1. The normalized spacial score (nSPS) is 12.9. The summed E-state index contributed by atoms with van der Waals surface area (Å²) in [7, 11) is 0. The van der Waals surface area contributed by atoms with Crippen LogP contribution in [-0.2, 0) is 5.41 Å². The van der Waals surface area contributed by atoms with E-state index in [-0.39, 0.29) is 5.41 Å². The molecule has 0 bridgehead atoms. The number of imidazole rings is 1. The molecule has 0 N–H and O–H groups in total. The molecule has 61 heavy (non-hydrogen) atoms. The number of para-hydroxylation sites is 2. The molecule has 2 aliphatic rings. The molecule has 12 rings (SSSR count). The summed E-state index contributed by atoms with van der Waals surface area (Å²) in [6.07, 6.45) is 1.89. The van der Waals surface area contributed by atoms with Gasteiger partial charge in [0, 0.05) is 50.9 Å². The highest BCUT2D eigenvalue weighted by atomic mass is 15.1. The van der Waals surface area contributed by atoms with E-state index in [0.717, 1.165) is 78.7 Å². The molecule has 1 aliphatic heterocycles. The van der Waals surface area contributed by atoms with E-state index in [1.165, 1.54) is 33.4 Å². The Labute approximate surface area is 355 Å². The maximum Gasteiger partial charge on any atom is 0.145 e. The van der Waals surface area contributed by atoms with E-state index in [2.05, 4.69) is 217 Å². The van der Waals surface area contributed by atoms with E-state index in [0.29, 0.717) is 0 Å². The number of rotatable bonds is 6. The molecule has 2 aromatic heterocycles. The monoisotopic (exact) mass is 780 g/mol. The third kappa shape index (κ3) is 5.53. The van der Waals surface area contributed by atoms with Crippen molar-refractivity contribution in [1.82, 2.24) is 14.5 Å². The third-order valence-corrected chi connectivity index (χ3v) is 12.8. The van der Waals surface area contributed by atoms with Crippen molar-refractivity contribution in [2.24, 2.45) is 0 Å². The van der Waals surface area contributed by atoms with E-state index in [1.807, 2.05) is 12.3 Å². The summed E-state index contributed by atoms with van der Waals surface area (Å²) < 4.78 is 2.34. The first kappa shape index (κ1) is 35.2. The van der Waals surface area contributed by atoms with Crippen molar-refractivity contribution in [3.05, 3.63) is 218 Å². The zero-order valence-electron chi connectivity index (χ0n) is 33.9. The van der Waals surface area contributed by atoms with Crippen LogP contribution in [0.2, 0.25) is 0 Å². The fraction of sp³-hybridized carbons (Fsp3) is 0.0526. The standard InChI is InChI=1S/C57H40N4/c1-57(2)50-24-8-6-20-45(50)46-32-31-44(36-51(46)57)60(42-29-27-38(28-30-42)37-14-4-3-5-15-37)43-19-11-17-40(35-43)39-16-10-18-41(34-39)56-59-52-25-12-22-48-47-23-13-33-58-54(47)49-21-7-9-26-53(49)61(56)55(48)52/h3-36H,1-2H3. The molecule has 0 radical (unpaired) electrons. The highest BCUT2D eigenvalue weighted by Gasteiger charge is 2.36. The molecule has 4 nitrogen and oxygen atoms in total. The van der Waals surface area contributed by atoms with Gasteiger partial charge in [-0.25, -0.2) is 4.98 Å². The Balaban J connectivity index is 0.991. The summed E-state index contributed by atoms with van der Waals surface area (Å²) >= 11 is 0. The summed E-state index contributed by atoms with van der Waals surface area (Å²) in [5.41, 5.74) is 21.7. The molecule has 3 heterocycles. The second-order valence-corrected chi connectivity index (χ2v) is 16.6. The molecule has 0 amide bonds. The van der Waals surface area contributed by atoms with Gasteiger partial charge in [0.1, 0.15) is 5.82 Å².